The van der Waals surface area contributed by atoms with E-state index in [9.17, 15) is 4.79 Å². The van der Waals surface area contributed by atoms with Crippen LogP contribution in [0.15, 0.2) is 0 Å². The summed E-state index contributed by atoms with van der Waals surface area (Å²) in [5, 5.41) is 11.6. The third kappa shape index (κ3) is 3.32. The lowest BCUT2D eigenvalue weighted by Crippen LogP contribution is -2.52. The van der Waals surface area contributed by atoms with Crippen LogP contribution >= 0.6 is 0 Å². The summed E-state index contributed by atoms with van der Waals surface area (Å²) < 4.78 is 0. The number of carbonyl (C=O) groups is 1. The normalized spacial score (nSPS) is 18.3. The van der Waals surface area contributed by atoms with Crippen LogP contribution in [0.5, 0.6) is 0 Å². The average molecular weight is 186 g/mol. The van der Waals surface area contributed by atoms with Crippen molar-refractivity contribution in [3.63, 3.8) is 0 Å². The van der Waals surface area contributed by atoms with Gasteiger partial charge < -0.3 is 10.4 Å². The van der Waals surface area contributed by atoms with E-state index in [2.05, 4.69) is 5.32 Å². The van der Waals surface area contributed by atoms with E-state index in [4.69, 9.17) is 5.11 Å². The molecule has 0 aliphatic carbocycles. The number of likely N-dealkylation sites (tertiary alicyclic amines) is 1. The Morgan fingerprint density at radius 3 is 2.85 bits per heavy atom. The molecule has 1 heterocycles. The van der Waals surface area contributed by atoms with Gasteiger partial charge in [-0.1, -0.05) is 6.92 Å². The fraction of sp³-hybridized carbons (Fsp3) is 0.889. The Morgan fingerprint density at radius 2 is 2.31 bits per heavy atom. The Labute approximate surface area is 78.9 Å². The zero-order valence-electron chi connectivity index (χ0n) is 8.12. The summed E-state index contributed by atoms with van der Waals surface area (Å²) in [4.78, 5) is 13.2. The molecule has 1 amide bonds. The van der Waals surface area contributed by atoms with Crippen molar-refractivity contribution in [2.75, 3.05) is 32.8 Å². The molecule has 76 valence electrons. The standard InChI is InChI=1S/C9H18N2O2/c1-2-3-10-9(13)6-11-4-8(5-11)7-12/h8,12H,2-7H2,1H3,(H,10,13). The smallest absolute Gasteiger partial charge is 0.234 e. The predicted octanol–water partition coefficient (Wildman–Crippen LogP) is -0.563. The zero-order chi connectivity index (χ0) is 9.68. The van der Waals surface area contributed by atoms with Crippen molar-refractivity contribution in [1.82, 2.24) is 10.2 Å². The summed E-state index contributed by atoms with van der Waals surface area (Å²) >= 11 is 0. The van der Waals surface area contributed by atoms with Gasteiger partial charge >= 0.3 is 0 Å². The van der Waals surface area contributed by atoms with E-state index >= 15 is 0 Å². The molecular formula is C9H18N2O2. The van der Waals surface area contributed by atoms with Gasteiger partial charge in [-0.15, -0.1) is 0 Å². The molecule has 2 N–H and O–H groups in total. The number of rotatable bonds is 5. The molecule has 0 atom stereocenters. The number of nitrogens with one attached hydrogen (secondary N) is 1. The van der Waals surface area contributed by atoms with Gasteiger partial charge in [0.05, 0.1) is 6.54 Å². The quantitative estimate of drug-likeness (QED) is 0.605. The maximum absolute atomic E-state index is 11.2. The Morgan fingerprint density at radius 1 is 1.62 bits per heavy atom. The van der Waals surface area contributed by atoms with Crippen molar-refractivity contribution in [2.24, 2.45) is 5.92 Å². The molecule has 0 spiro atoms. The van der Waals surface area contributed by atoms with Crippen molar-refractivity contribution in [3.05, 3.63) is 0 Å². The second-order valence-electron chi connectivity index (χ2n) is 3.59. The van der Waals surface area contributed by atoms with Crippen molar-refractivity contribution < 1.29 is 9.90 Å². The number of aliphatic hydroxyl groups excluding tert-OH is 1. The van der Waals surface area contributed by atoms with E-state index in [-0.39, 0.29) is 12.5 Å². The number of nitrogens with zero attached hydrogens (tertiary/aromatic N) is 1. The van der Waals surface area contributed by atoms with Gasteiger partial charge in [0.15, 0.2) is 0 Å². The van der Waals surface area contributed by atoms with Gasteiger partial charge in [-0.2, -0.15) is 0 Å². The molecule has 1 aliphatic heterocycles. The molecule has 13 heavy (non-hydrogen) atoms. The van der Waals surface area contributed by atoms with Crippen LogP contribution in [0.3, 0.4) is 0 Å². The highest BCUT2D eigenvalue weighted by Crippen LogP contribution is 2.13. The second kappa shape index (κ2) is 5.19. The van der Waals surface area contributed by atoms with Crippen LogP contribution < -0.4 is 5.32 Å². The summed E-state index contributed by atoms with van der Waals surface area (Å²) in [6, 6.07) is 0. The Bertz CT molecular complexity index is 167. The molecule has 4 heteroatoms. The van der Waals surface area contributed by atoms with Gasteiger partial charge in [0.25, 0.3) is 0 Å². The van der Waals surface area contributed by atoms with Crippen molar-refractivity contribution in [3.8, 4) is 0 Å². The highest BCUT2D eigenvalue weighted by Gasteiger charge is 2.26. The summed E-state index contributed by atoms with van der Waals surface area (Å²) in [7, 11) is 0. The maximum Gasteiger partial charge on any atom is 0.234 e. The molecule has 1 rings (SSSR count). The van der Waals surface area contributed by atoms with Crippen LogP contribution in [0.4, 0.5) is 0 Å². The predicted molar refractivity (Wildman–Crippen MR) is 50.3 cm³/mol. The van der Waals surface area contributed by atoms with E-state index in [1.54, 1.807) is 0 Å². The monoisotopic (exact) mass is 186 g/mol. The van der Waals surface area contributed by atoms with Gasteiger partial charge in [-0.25, -0.2) is 0 Å². The molecule has 1 fully saturated rings. The number of aliphatic hydroxyl groups is 1. The van der Waals surface area contributed by atoms with E-state index in [0.717, 1.165) is 26.1 Å². The minimum atomic E-state index is 0.0956. The topological polar surface area (TPSA) is 52.6 Å². The lowest BCUT2D eigenvalue weighted by Gasteiger charge is -2.37. The SMILES string of the molecule is CCCNC(=O)CN1CC(CO)C1. The number of hydrogen-bond acceptors (Lipinski definition) is 3. The molecular weight excluding hydrogens is 168 g/mol. The molecule has 4 nitrogen and oxygen atoms in total. The first-order valence-electron chi connectivity index (χ1n) is 4.86. The van der Waals surface area contributed by atoms with Gasteiger partial charge in [-0.05, 0) is 6.42 Å². The molecule has 0 aromatic heterocycles. The van der Waals surface area contributed by atoms with Crippen LogP contribution in [0.25, 0.3) is 0 Å². The van der Waals surface area contributed by atoms with E-state index in [1.165, 1.54) is 0 Å². The molecule has 1 aliphatic rings. The largest absolute Gasteiger partial charge is 0.396 e. The highest BCUT2D eigenvalue weighted by molar-refractivity contribution is 5.78. The van der Waals surface area contributed by atoms with Crippen LogP contribution in [-0.2, 0) is 4.79 Å². The van der Waals surface area contributed by atoms with E-state index in [1.807, 2.05) is 11.8 Å². The fourth-order valence-electron chi connectivity index (χ4n) is 1.44. The number of hydrogen-bond donors (Lipinski definition) is 2. The van der Waals surface area contributed by atoms with Crippen molar-refractivity contribution >= 4 is 5.91 Å². The Kier molecular flexibility index (Phi) is 4.18. The molecule has 1 saturated heterocycles. The number of carbonyl (C=O) groups excluding carboxylic acids is 1. The molecule has 0 saturated carbocycles. The minimum Gasteiger partial charge on any atom is -0.396 e. The lowest BCUT2D eigenvalue weighted by molar-refractivity contribution is -0.124. The number of amides is 1. The summed E-state index contributed by atoms with van der Waals surface area (Å²) in [5.74, 6) is 0.484. The van der Waals surface area contributed by atoms with Gasteiger partial charge in [-0.3, -0.25) is 9.69 Å². The third-order valence-electron chi connectivity index (χ3n) is 2.23. The van der Waals surface area contributed by atoms with Gasteiger partial charge in [0.2, 0.25) is 5.91 Å². The minimum absolute atomic E-state index is 0.0956. The summed E-state index contributed by atoms with van der Waals surface area (Å²) in [5.41, 5.74) is 0. The molecule has 0 unspecified atom stereocenters. The Balaban J connectivity index is 2.03. The summed E-state index contributed by atoms with van der Waals surface area (Å²) in [6.45, 7) is 5.23. The third-order valence-corrected chi connectivity index (χ3v) is 2.23. The first-order chi connectivity index (χ1) is 6.26. The molecule has 0 aromatic carbocycles. The molecule has 0 aromatic rings. The lowest BCUT2D eigenvalue weighted by atomic mass is 10.0. The summed E-state index contributed by atoms with van der Waals surface area (Å²) in [6.07, 6.45) is 0.977. The van der Waals surface area contributed by atoms with E-state index in [0.29, 0.717) is 12.5 Å². The van der Waals surface area contributed by atoms with Crippen molar-refractivity contribution in [1.29, 1.82) is 0 Å². The van der Waals surface area contributed by atoms with Gasteiger partial charge in [0.1, 0.15) is 0 Å². The van der Waals surface area contributed by atoms with Gasteiger partial charge in [0, 0.05) is 32.2 Å². The maximum atomic E-state index is 11.2. The molecule has 0 radical (unpaired) electrons. The first kappa shape index (κ1) is 10.5. The average Bonchev–Trinajstić information content (AvgIpc) is 2.07. The second-order valence-corrected chi connectivity index (χ2v) is 3.59. The van der Waals surface area contributed by atoms with Crippen LogP contribution in [-0.4, -0.2) is 48.7 Å². The first-order valence-corrected chi connectivity index (χ1v) is 4.86. The highest BCUT2D eigenvalue weighted by atomic mass is 16.3. The van der Waals surface area contributed by atoms with Crippen LogP contribution in [0.2, 0.25) is 0 Å². The van der Waals surface area contributed by atoms with Crippen molar-refractivity contribution in [2.45, 2.75) is 13.3 Å². The van der Waals surface area contributed by atoms with Crippen LogP contribution in [0, 0.1) is 5.92 Å². The molecule has 0 bridgehead atoms. The van der Waals surface area contributed by atoms with Crippen LogP contribution in [0.1, 0.15) is 13.3 Å². The van der Waals surface area contributed by atoms with E-state index < -0.39 is 0 Å². The fourth-order valence-corrected chi connectivity index (χ4v) is 1.44. The zero-order valence-corrected chi connectivity index (χ0v) is 8.12. The Hall–Kier alpha value is -0.610.